The number of rotatable bonds is 4. The number of nitrogens with one attached hydrogen (secondary N) is 1. The molecule has 1 aliphatic heterocycles. The highest BCUT2D eigenvalue weighted by atomic mass is 16.2. The highest BCUT2D eigenvalue weighted by Gasteiger charge is 2.28. The van der Waals surface area contributed by atoms with Gasteiger partial charge in [0, 0.05) is 16.7 Å². The van der Waals surface area contributed by atoms with E-state index in [2.05, 4.69) is 18.5 Å². The molecule has 0 aromatic heterocycles. The van der Waals surface area contributed by atoms with Crippen molar-refractivity contribution >= 4 is 11.8 Å². The summed E-state index contributed by atoms with van der Waals surface area (Å²) in [4.78, 5) is 23.7. The molecule has 0 aromatic carbocycles. The molecule has 3 heteroatoms. The molecule has 0 bridgehead atoms. The molecule has 3 nitrogen and oxygen atoms in total. The molecule has 0 unspecified atom stereocenters. The third-order valence-corrected chi connectivity index (χ3v) is 2.68. The molecular formula is C20H29NO2. The zero-order valence-electron chi connectivity index (χ0n) is 15.2. The van der Waals surface area contributed by atoms with Crippen molar-refractivity contribution in [3.8, 4) is 0 Å². The number of hydrogen-bond donors (Lipinski definition) is 1. The number of carbonyl (C=O) groups is 2. The summed E-state index contributed by atoms with van der Waals surface area (Å²) in [6, 6.07) is 0. The van der Waals surface area contributed by atoms with Crippen LogP contribution < -0.4 is 5.32 Å². The first-order chi connectivity index (χ1) is 11.1. The van der Waals surface area contributed by atoms with Crippen LogP contribution in [0, 0.1) is 0 Å². The molecule has 0 fully saturated rings. The molecule has 0 saturated carbocycles. The Kier molecular flexibility index (Phi) is 13.2. The Hall–Kier alpha value is -2.42. The molecular weight excluding hydrogens is 286 g/mol. The molecule has 1 heterocycles. The van der Waals surface area contributed by atoms with Gasteiger partial charge in [0.2, 0.25) is 0 Å². The molecule has 0 saturated heterocycles. The first-order valence-corrected chi connectivity index (χ1v) is 7.95. The van der Waals surface area contributed by atoms with E-state index < -0.39 is 11.8 Å². The van der Waals surface area contributed by atoms with Gasteiger partial charge in [0.05, 0.1) is 0 Å². The fourth-order valence-corrected chi connectivity index (χ4v) is 1.92. The third-order valence-electron chi connectivity index (χ3n) is 2.68. The summed E-state index contributed by atoms with van der Waals surface area (Å²) < 4.78 is 0. The van der Waals surface area contributed by atoms with Gasteiger partial charge >= 0.3 is 0 Å². The van der Waals surface area contributed by atoms with E-state index >= 15 is 0 Å². The first-order valence-electron chi connectivity index (χ1n) is 7.95. The second kappa shape index (κ2) is 13.3. The van der Waals surface area contributed by atoms with Gasteiger partial charge in [-0.1, -0.05) is 77.3 Å². The molecule has 1 aliphatic rings. The number of hydrogen-bond acceptors (Lipinski definition) is 2. The largest absolute Gasteiger partial charge is 0.288 e. The molecule has 126 valence electrons. The average Bonchev–Trinajstić information content (AvgIpc) is 2.58. The van der Waals surface area contributed by atoms with Gasteiger partial charge in [0.25, 0.3) is 11.8 Å². The van der Waals surface area contributed by atoms with Crippen molar-refractivity contribution in [3.05, 3.63) is 71.9 Å². The lowest BCUT2D eigenvalue weighted by atomic mass is 9.88. The quantitative estimate of drug-likeness (QED) is 0.459. The van der Waals surface area contributed by atoms with Crippen molar-refractivity contribution in [1.29, 1.82) is 0 Å². The van der Waals surface area contributed by atoms with E-state index in [4.69, 9.17) is 0 Å². The van der Waals surface area contributed by atoms with Gasteiger partial charge in [-0.3, -0.25) is 14.9 Å². The van der Waals surface area contributed by atoms with Crippen molar-refractivity contribution in [3.63, 3.8) is 0 Å². The van der Waals surface area contributed by atoms with Crippen LogP contribution in [-0.4, -0.2) is 11.8 Å². The van der Waals surface area contributed by atoms with Crippen LogP contribution in [0.15, 0.2) is 71.9 Å². The number of amides is 2. The predicted octanol–water partition coefficient (Wildman–Crippen LogP) is 4.81. The maximum absolute atomic E-state index is 11.9. The minimum atomic E-state index is -0.430. The van der Waals surface area contributed by atoms with Gasteiger partial charge in [0.15, 0.2) is 0 Å². The first kappa shape index (κ1) is 22.9. The lowest BCUT2D eigenvalue weighted by Crippen LogP contribution is -2.38. The summed E-state index contributed by atoms with van der Waals surface area (Å²) in [6.45, 7) is 18.9. The number of allylic oxidation sites excluding steroid dienone is 6. The van der Waals surface area contributed by atoms with E-state index in [1.54, 1.807) is 25.2 Å². The van der Waals surface area contributed by atoms with Gasteiger partial charge in [-0.25, -0.2) is 0 Å². The standard InChI is InChI=1S/C16H17NO2.2C2H6/c1-5-9-11(10-6-2)14-12(7-3)15(18)17-16(19)13(14)8-4;2*1-2/h5-10H,1,3H2,2,4H3,(H,17,18,19);2*1-2H3/b10-6-,11-9-,13-8+;;. The summed E-state index contributed by atoms with van der Waals surface area (Å²) in [7, 11) is 0. The van der Waals surface area contributed by atoms with Crippen LogP contribution in [0.2, 0.25) is 0 Å². The topological polar surface area (TPSA) is 46.2 Å². The highest BCUT2D eigenvalue weighted by Crippen LogP contribution is 2.28. The summed E-state index contributed by atoms with van der Waals surface area (Å²) in [5, 5.41) is 2.30. The van der Waals surface area contributed by atoms with Crippen molar-refractivity contribution in [2.45, 2.75) is 41.5 Å². The third kappa shape index (κ3) is 6.07. The minimum absolute atomic E-state index is 0.388. The van der Waals surface area contributed by atoms with E-state index in [1.807, 2.05) is 46.8 Å². The molecule has 0 aliphatic carbocycles. The maximum Gasteiger partial charge on any atom is 0.258 e. The molecule has 0 aromatic rings. The Morgan fingerprint density at radius 1 is 1.00 bits per heavy atom. The zero-order valence-corrected chi connectivity index (χ0v) is 15.2. The SMILES string of the molecule is C=C/C=C(/C=C\C)C1=C(C=C)C(=O)NC(=O)/C1=C/C.CC.CC. The fourth-order valence-electron chi connectivity index (χ4n) is 1.92. The van der Waals surface area contributed by atoms with Crippen LogP contribution >= 0.6 is 0 Å². The van der Waals surface area contributed by atoms with Gasteiger partial charge < -0.3 is 0 Å². The van der Waals surface area contributed by atoms with Crippen LogP contribution in [0.25, 0.3) is 0 Å². The molecule has 1 N–H and O–H groups in total. The molecule has 0 spiro atoms. The number of carbonyl (C=O) groups excluding carboxylic acids is 2. The number of imide groups is 1. The molecule has 23 heavy (non-hydrogen) atoms. The molecule has 1 rings (SSSR count). The molecule has 0 radical (unpaired) electrons. The van der Waals surface area contributed by atoms with Crippen molar-refractivity contribution < 1.29 is 9.59 Å². The molecule has 0 atom stereocenters. The lowest BCUT2D eigenvalue weighted by molar-refractivity contribution is -0.126. The summed E-state index contributed by atoms with van der Waals surface area (Å²) in [5.41, 5.74) is 2.19. The molecule has 2 amide bonds. The van der Waals surface area contributed by atoms with Gasteiger partial charge in [-0.2, -0.15) is 0 Å². The van der Waals surface area contributed by atoms with Crippen molar-refractivity contribution in [2.24, 2.45) is 0 Å². The van der Waals surface area contributed by atoms with Crippen LogP contribution in [0.1, 0.15) is 41.5 Å². The monoisotopic (exact) mass is 315 g/mol. The second-order valence-corrected chi connectivity index (χ2v) is 3.84. The summed E-state index contributed by atoms with van der Waals surface area (Å²) >= 11 is 0. The van der Waals surface area contributed by atoms with Crippen molar-refractivity contribution in [2.75, 3.05) is 0 Å². The predicted molar refractivity (Wildman–Crippen MR) is 99.9 cm³/mol. The Balaban J connectivity index is 0. The Labute approximate surface area is 140 Å². The highest BCUT2D eigenvalue weighted by molar-refractivity contribution is 6.18. The smallest absolute Gasteiger partial charge is 0.258 e. The Bertz CT molecular complexity index is 558. The minimum Gasteiger partial charge on any atom is -0.288 e. The normalized spacial score (nSPS) is 16.3. The van der Waals surface area contributed by atoms with E-state index in [0.29, 0.717) is 16.7 Å². The second-order valence-electron chi connectivity index (χ2n) is 3.84. The van der Waals surface area contributed by atoms with E-state index in [0.717, 1.165) is 5.57 Å². The van der Waals surface area contributed by atoms with E-state index in [9.17, 15) is 9.59 Å². The van der Waals surface area contributed by atoms with Crippen LogP contribution in [0.4, 0.5) is 0 Å². The van der Waals surface area contributed by atoms with Gasteiger partial charge in [0.1, 0.15) is 0 Å². The van der Waals surface area contributed by atoms with Crippen LogP contribution in [-0.2, 0) is 9.59 Å². The Morgan fingerprint density at radius 2 is 1.57 bits per heavy atom. The van der Waals surface area contributed by atoms with E-state index in [1.165, 1.54) is 6.08 Å². The zero-order chi connectivity index (χ0) is 18.4. The van der Waals surface area contributed by atoms with E-state index in [-0.39, 0.29) is 0 Å². The van der Waals surface area contributed by atoms with Crippen LogP contribution in [0.5, 0.6) is 0 Å². The van der Waals surface area contributed by atoms with Crippen LogP contribution in [0.3, 0.4) is 0 Å². The Morgan fingerprint density at radius 3 is 1.96 bits per heavy atom. The summed E-state index contributed by atoms with van der Waals surface area (Å²) in [6.07, 6.45) is 10.2. The van der Waals surface area contributed by atoms with Gasteiger partial charge in [-0.05, 0) is 19.4 Å². The average molecular weight is 315 g/mol. The van der Waals surface area contributed by atoms with Gasteiger partial charge in [-0.15, -0.1) is 0 Å². The maximum atomic E-state index is 11.9. The summed E-state index contributed by atoms with van der Waals surface area (Å²) in [5.74, 6) is -0.826. The van der Waals surface area contributed by atoms with Crippen molar-refractivity contribution in [1.82, 2.24) is 5.32 Å². The fraction of sp³-hybridized carbons (Fsp3) is 0.300. The lowest BCUT2D eigenvalue weighted by Gasteiger charge is -2.21.